The fraction of sp³-hybridized carbons (Fsp3) is 0.294. The highest BCUT2D eigenvalue weighted by atomic mass is 79.9. The predicted octanol–water partition coefficient (Wildman–Crippen LogP) is 6.26. The number of alkyl halides is 1. The Bertz CT molecular complexity index is 697. The molecule has 2 aromatic carbocycles. The third kappa shape index (κ3) is 2.88. The lowest BCUT2D eigenvalue weighted by Gasteiger charge is -2.18. The van der Waals surface area contributed by atoms with Crippen molar-refractivity contribution in [2.75, 3.05) is 6.61 Å². The first-order valence-electron chi connectivity index (χ1n) is 6.75. The molecule has 0 spiro atoms. The SMILES string of the molecule is CC1(C)COc2ccc(C(Br)c3ccc(Cl)c(Br)c3)cc21. The van der Waals surface area contributed by atoms with E-state index in [9.17, 15) is 0 Å². The van der Waals surface area contributed by atoms with E-state index in [2.05, 4.69) is 70.0 Å². The first kappa shape index (κ1) is 15.4. The maximum atomic E-state index is 6.07. The minimum atomic E-state index is 0.0681. The first-order valence-corrected chi connectivity index (χ1v) is 8.83. The summed E-state index contributed by atoms with van der Waals surface area (Å²) >= 11 is 13.3. The van der Waals surface area contributed by atoms with Crippen LogP contribution in [0, 0.1) is 0 Å². The predicted molar refractivity (Wildman–Crippen MR) is 94.9 cm³/mol. The number of benzene rings is 2. The summed E-state index contributed by atoms with van der Waals surface area (Å²) in [5.41, 5.74) is 3.74. The van der Waals surface area contributed by atoms with Crippen LogP contribution in [-0.2, 0) is 5.41 Å². The van der Waals surface area contributed by atoms with Gasteiger partial charge in [0.2, 0.25) is 0 Å². The first-order chi connectivity index (χ1) is 9.88. The van der Waals surface area contributed by atoms with Crippen LogP contribution >= 0.6 is 43.5 Å². The van der Waals surface area contributed by atoms with Gasteiger partial charge in [0.05, 0.1) is 16.5 Å². The van der Waals surface area contributed by atoms with Crippen LogP contribution in [0.15, 0.2) is 40.9 Å². The Morgan fingerprint density at radius 1 is 1.14 bits per heavy atom. The summed E-state index contributed by atoms with van der Waals surface area (Å²) in [4.78, 5) is 0.132. The molecule has 1 nitrogen and oxygen atoms in total. The van der Waals surface area contributed by atoms with Gasteiger partial charge in [0.1, 0.15) is 5.75 Å². The average molecular weight is 431 g/mol. The van der Waals surface area contributed by atoms with Crippen molar-refractivity contribution in [3.05, 3.63) is 62.6 Å². The molecule has 110 valence electrons. The molecule has 1 atom stereocenters. The Morgan fingerprint density at radius 2 is 1.81 bits per heavy atom. The lowest BCUT2D eigenvalue weighted by atomic mass is 9.85. The van der Waals surface area contributed by atoms with Gasteiger partial charge in [-0.25, -0.2) is 0 Å². The molecule has 0 aromatic heterocycles. The number of ether oxygens (including phenoxy) is 1. The van der Waals surface area contributed by atoms with Crippen LogP contribution in [0.4, 0.5) is 0 Å². The van der Waals surface area contributed by atoms with Crippen molar-refractivity contribution in [1.82, 2.24) is 0 Å². The molecule has 0 aliphatic carbocycles. The van der Waals surface area contributed by atoms with E-state index in [1.165, 1.54) is 16.7 Å². The van der Waals surface area contributed by atoms with Crippen LogP contribution in [0.25, 0.3) is 0 Å². The Labute approximate surface area is 146 Å². The van der Waals surface area contributed by atoms with Crippen molar-refractivity contribution in [2.45, 2.75) is 24.1 Å². The number of hydrogen-bond donors (Lipinski definition) is 0. The van der Waals surface area contributed by atoms with Crippen LogP contribution in [0.3, 0.4) is 0 Å². The topological polar surface area (TPSA) is 9.23 Å². The summed E-state index contributed by atoms with van der Waals surface area (Å²) in [6.07, 6.45) is 0. The van der Waals surface area contributed by atoms with E-state index in [4.69, 9.17) is 16.3 Å². The van der Waals surface area contributed by atoms with Gasteiger partial charge in [-0.2, -0.15) is 0 Å². The van der Waals surface area contributed by atoms with Gasteiger partial charge >= 0.3 is 0 Å². The van der Waals surface area contributed by atoms with E-state index >= 15 is 0 Å². The van der Waals surface area contributed by atoms with Gasteiger partial charge in [-0.05, 0) is 51.3 Å². The van der Waals surface area contributed by atoms with E-state index in [0.717, 1.165) is 21.9 Å². The quantitative estimate of drug-likeness (QED) is 0.511. The number of halogens is 3. The maximum Gasteiger partial charge on any atom is 0.123 e. The van der Waals surface area contributed by atoms with Crippen LogP contribution in [0.5, 0.6) is 5.75 Å². The van der Waals surface area contributed by atoms with E-state index in [-0.39, 0.29) is 10.2 Å². The Hall–Kier alpha value is -0.510. The summed E-state index contributed by atoms with van der Waals surface area (Å²) in [7, 11) is 0. The lowest BCUT2D eigenvalue weighted by Crippen LogP contribution is -2.18. The molecule has 2 aromatic rings. The standard InChI is InChI=1S/C17H15Br2ClO/c1-17(2)9-21-15-6-4-10(7-12(15)17)16(19)11-3-5-14(20)13(18)8-11/h3-8,16H,9H2,1-2H3. The molecule has 0 bridgehead atoms. The fourth-order valence-corrected chi connectivity index (χ4v) is 3.64. The summed E-state index contributed by atoms with van der Waals surface area (Å²) < 4.78 is 6.66. The zero-order valence-electron chi connectivity index (χ0n) is 11.8. The van der Waals surface area contributed by atoms with Crippen molar-refractivity contribution in [3.63, 3.8) is 0 Å². The van der Waals surface area contributed by atoms with E-state index in [1.807, 2.05) is 12.1 Å². The molecule has 0 saturated heterocycles. The normalized spacial score (nSPS) is 17.2. The molecule has 21 heavy (non-hydrogen) atoms. The van der Waals surface area contributed by atoms with Gasteiger partial charge < -0.3 is 4.74 Å². The number of hydrogen-bond acceptors (Lipinski definition) is 1. The Balaban J connectivity index is 1.99. The van der Waals surface area contributed by atoms with E-state index < -0.39 is 0 Å². The minimum absolute atomic E-state index is 0.0681. The van der Waals surface area contributed by atoms with Gasteiger partial charge in [0.15, 0.2) is 0 Å². The monoisotopic (exact) mass is 428 g/mol. The molecule has 0 N–H and O–H groups in total. The van der Waals surface area contributed by atoms with E-state index in [1.54, 1.807) is 0 Å². The summed E-state index contributed by atoms with van der Waals surface area (Å²) in [5, 5.41) is 0.724. The van der Waals surface area contributed by atoms with E-state index in [0.29, 0.717) is 0 Å². The largest absolute Gasteiger partial charge is 0.492 e. The molecule has 1 aliphatic rings. The van der Waals surface area contributed by atoms with Crippen molar-refractivity contribution >= 4 is 43.5 Å². The molecule has 1 unspecified atom stereocenters. The third-order valence-corrected chi connectivity index (χ3v) is 6.12. The van der Waals surface area contributed by atoms with Gasteiger partial charge in [-0.15, -0.1) is 0 Å². The smallest absolute Gasteiger partial charge is 0.123 e. The Kier molecular flexibility index (Phi) is 4.10. The summed E-state index contributed by atoms with van der Waals surface area (Å²) in [5.74, 6) is 1.00. The molecular formula is C17H15Br2ClO. The molecule has 0 fully saturated rings. The third-order valence-electron chi connectivity index (χ3n) is 3.85. The summed E-state index contributed by atoms with van der Waals surface area (Å²) in [6.45, 7) is 5.17. The molecular weight excluding hydrogens is 415 g/mol. The average Bonchev–Trinajstić information content (AvgIpc) is 2.76. The molecule has 0 radical (unpaired) electrons. The number of rotatable bonds is 2. The molecule has 0 amide bonds. The van der Waals surface area contributed by atoms with Gasteiger partial charge in [0.25, 0.3) is 0 Å². The van der Waals surface area contributed by atoms with Gasteiger partial charge in [0, 0.05) is 15.5 Å². The molecule has 1 aliphatic heterocycles. The van der Waals surface area contributed by atoms with Gasteiger partial charge in [-0.1, -0.05) is 53.5 Å². The summed E-state index contributed by atoms with van der Waals surface area (Å²) in [6, 6.07) is 12.4. The van der Waals surface area contributed by atoms with Crippen LogP contribution in [0.1, 0.15) is 35.4 Å². The lowest BCUT2D eigenvalue weighted by molar-refractivity contribution is 0.291. The molecule has 1 heterocycles. The van der Waals surface area contributed by atoms with Crippen LogP contribution in [-0.4, -0.2) is 6.61 Å². The van der Waals surface area contributed by atoms with Crippen molar-refractivity contribution < 1.29 is 4.74 Å². The van der Waals surface area contributed by atoms with Crippen molar-refractivity contribution in [2.24, 2.45) is 0 Å². The second-order valence-electron chi connectivity index (χ2n) is 5.96. The molecule has 0 saturated carbocycles. The number of fused-ring (bicyclic) bond motifs is 1. The molecule has 4 heteroatoms. The minimum Gasteiger partial charge on any atom is -0.492 e. The Morgan fingerprint density at radius 3 is 2.52 bits per heavy atom. The maximum absolute atomic E-state index is 6.07. The molecule has 3 rings (SSSR count). The highest BCUT2D eigenvalue weighted by molar-refractivity contribution is 9.10. The fourth-order valence-electron chi connectivity index (χ4n) is 2.56. The zero-order chi connectivity index (χ0) is 15.2. The van der Waals surface area contributed by atoms with Crippen LogP contribution < -0.4 is 4.74 Å². The van der Waals surface area contributed by atoms with Gasteiger partial charge in [-0.3, -0.25) is 0 Å². The van der Waals surface area contributed by atoms with Crippen molar-refractivity contribution in [3.8, 4) is 5.75 Å². The van der Waals surface area contributed by atoms with Crippen LogP contribution in [0.2, 0.25) is 5.02 Å². The van der Waals surface area contributed by atoms with Crippen molar-refractivity contribution in [1.29, 1.82) is 0 Å². The zero-order valence-corrected chi connectivity index (χ0v) is 15.7. The second kappa shape index (κ2) is 5.60. The second-order valence-corrected chi connectivity index (χ2v) is 8.14. The highest BCUT2D eigenvalue weighted by Gasteiger charge is 2.32. The highest BCUT2D eigenvalue weighted by Crippen LogP contribution is 2.42.